The fraction of sp³-hybridized carbons (Fsp3) is 0.760. The molecule has 0 bridgehead atoms. The van der Waals surface area contributed by atoms with Gasteiger partial charge < -0.3 is 46.1 Å². The highest BCUT2D eigenvalue weighted by Crippen LogP contribution is 2.03. The molecule has 0 aliphatic carbocycles. The number of hydrogen-bond acceptors (Lipinski definition) is 8. The number of unbranched alkanes of at least 4 members (excludes halogenated alkanes) is 4. The van der Waals surface area contributed by atoms with Crippen molar-refractivity contribution >= 4 is 35.8 Å². The summed E-state index contributed by atoms with van der Waals surface area (Å²) in [5.74, 6) is -4.34. The van der Waals surface area contributed by atoms with Crippen molar-refractivity contribution in [1.29, 1.82) is 0 Å². The van der Waals surface area contributed by atoms with Gasteiger partial charge in [0.05, 0.1) is 19.8 Å². The first-order valence-electron chi connectivity index (χ1n) is 13.5. The molecule has 0 fully saturated rings. The van der Waals surface area contributed by atoms with Crippen molar-refractivity contribution in [3.8, 4) is 0 Å². The van der Waals surface area contributed by atoms with E-state index in [1.165, 1.54) is 0 Å². The summed E-state index contributed by atoms with van der Waals surface area (Å²) in [7, 11) is 0. The lowest BCUT2D eigenvalue weighted by Gasteiger charge is -2.18. The number of carboxylic acids is 3. The van der Waals surface area contributed by atoms with E-state index in [2.05, 4.69) is 28.2 Å². The maximum Gasteiger partial charge on any atom is 0.326 e. The summed E-state index contributed by atoms with van der Waals surface area (Å²) < 4.78 is 10.6. The van der Waals surface area contributed by atoms with Crippen LogP contribution in [0.15, 0.2) is 0 Å². The molecule has 0 aromatic heterocycles. The van der Waals surface area contributed by atoms with Gasteiger partial charge in [-0.3, -0.25) is 14.4 Å². The third kappa shape index (κ3) is 21.5. The van der Waals surface area contributed by atoms with Crippen LogP contribution in [-0.2, 0) is 33.4 Å². The van der Waals surface area contributed by atoms with Crippen molar-refractivity contribution in [1.82, 2.24) is 21.3 Å². The molecule has 15 heteroatoms. The molecule has 0 radical (unpaired) electrons. The monoisotopic (exact) mass is 576 g/mol. The van der Waals surface area contributed by atoms with Crippen LogP contribution in [0, 0.1) is 0 Å². The average Bonchev–Trinajstić information content (AvgIpc) is 2.89. The third-order valence-corrected chi connectivity index (χ3v) is 5.53. The Balaban J connectivity index is 3.92. The number of amides is 4. The Bertz CT molecular complexity index is 795. The van der Waals surface area contributed by atoms with Crippen molar-refractivity contribution in [2.75, 3.05) is 39.5 Å². The zero-order chi connectivity index (χ0) is 30.2. The Kier molecular flexibility index (Phi) is 21.4. The van der Waals surface area contributed by atoms with Crippen molar-refractivity contribution in [3.05, 3.63) is 0 Å². The molecule has 0 saturated carbocycles. The Hall–Kier alpha value is -3.46. The molecule has 0 rings (SSSR count). The topological polar surface area (TPSA) is 230 Å². The maximum atomic E-state index is 12.0. The molecule has 230 valence electrons. The molecule has 0 aliphatic rings. The average molecular weight is 577 g/mol. The van der Waals surface area contributed by atoms with Gasteiger partial charge >= 0.3 is 23.9 Å². The number of nitrogens with one attached hydrogen (secondary N) is 4. The minimum atomic E-state index is -1.48. The number of hydrogen-bond donors (Lipinski definition) is 7. The summed E-state index contributed by atoms with van der Waals surface area (Å²) in [5.41, 5.74) is 0. The fourth-order valence-corrected chi connectivity index (χ4v) is 3.34. The van der Waals surface area contributed by atoms with Crippen LogP contribution in [0.25, 0.3) is 0 Å². The summed E-state index contributed by atoms with van der Waals surface area (Å²) in [4.78, 5) is 68.6. The van der Waals surface area contributed by atoms with Gasteiger partial charge in [-0.2, -0.15) is 0 Å². The van der Waals surface area contributed by atoms with E-state index in [1.807, 2.05) is 0 Å². The summed E-state index contributed by atoms with van der Waals surface area (Å²) in [6.45, 7) is 3.41. The lowest BCUT2D eigenvalue weighted by atomic mass is 10.1. The molecular formula is C25H44N4O11. The van der Waals surface area contributed by atoms with Gasteiger partial charge in [0.25, 0.3) is 0 Å². The number of ether oxygens (including phenoxy) is 2. The molecule has 15 nitrogen and oxygen atoms in total. The summed E-state index contributed by atoms with van der Waals surface area (Å²) in [6, 6.07) is -3.82. The highest BCUT2D eigenvalue weighted by molar-refractivity contribution is 5.86. The van der Waals surface area contributed by atoms with Gasteiger partial charge in [0.1, 0.15) is 18.7 Å². The van der Waals surface area contributed by atoms with Gasteiger partial charge in [-0.15, -0.1) is 0 Å². The number of carbonyl (C=O) groups is 6. The van der Waals surface area contributed by atoms with Crippen molar-refractivity contribution < 1.29 is 53.6 Å². The lowest BCUT2D eigenvalue weighted by molar-refractivity contribution is -0.141. The van der Waals surface area contributed by atoms with Crippen LogP contribution in [0.1, 0.15) is 71.1 Å². The molecule has 0 spiro atoms. The van der Waals surface area contributed by atoms with Crippen molar-refractivity contribution in [3.63, 3.8) is 0 Å². The molecule has 2 atom stereocenters. The predicted molar refractivity (Wildman–Crippen MR) is 142 cm³/mol. The summed E-state index contributed by atoms with van der Waals surface area (Å²) in [6.07, 6.45) is 4.63. The molecule has 4 amide bonds. The van der Waals surface area contributed by atoms with E-state index in [4.69, 9.17) is 19.7 Å². The number of carboxylic acid groups (broad SMARTS) is 3. The molecule has 0 unspecified atom stereocenters. The van der Waals surface area contributed by atoms with Gasteiger partial charge in [0.2, 0.25) is 11.8 Å². The molecule has 0 heterocycles. The molecular weight excluding hydrogens is 532 g/mol. The third-order valence-electron chi connectivity index (χ3n) is 5.53. The van der Waals surface area contributed by atoms with Crippen molar-refractivity contribution in [2.24, 2.45) is 0 Å². The maximum absolute atomic E-state index is 12.0. The van der Waals surface area contributed by atoms with Gasteiger partial charge in [-0.05, 0) is 32.1 Å². The first kappa shape index (κ1) is 36.5. The minimum absolute atomic E-state index is 0.00621. The van der Waals surface area contributed by atoms with Crippen LogP contribution in [0.4, 0.5) is 4.79 Å². The van der Waals surface area contributed by atoms with E-state index in [0.717, 1.165) is 25.7 Å². The van der Waals surface area contributed by atoms with E-state index in [9.17, 15) is 33.9 Å². The second kappa shape index (κ2) is 23.4. The highest BCUT2D eigenvalue weighted by Gasteiger charge is 2.24. The Morgan fingerprint density at radius 2 is 1.27 bits per heavy atom. The van der Waals surface area contributed by atoms with Gasteiger partial charge in [-0.1, -0.05) is 26.2 Å². The van der Waals surface area contributed by atoms with Crippen molar-refractivity contribution in [2.45, 2.75) is 83.2 Å². The Labute approximate surface area is 233 Å². The van der Waals surface area contributed by atoms with Crippen LogP contribution in [0.3, 0.4) is 0 Å². The first-order valence-corrected chi connectivity index (χ1v) is 13.5. The van der Waals surface area contributed by atoms with E-state index in [1.54, 1.807) is 0 Å². The first-order chi connectivity index (χ1) is 19.1. The van der Waals surface area contributed by atoms with Crippen LogP contribution >= 0.6 is 0 Å². The Morgan fingerprint density at radius 3 is 1.90 bits per heavy atom. The van der Waals surface area contributed by atoms with E-state index >= 15 is 0 Å². The normalized spacial score (nSPS) is 12.1. The van der Waals surface area contributed by atoms with E-state index < -0.39 is 42.4 Å². The van der Waals surface area contributed by atoms with E-state index in [-0.39, 0.29) is 51.0 Å². The number of urea groups is 1. The summed E-state index contributed by atoms with van der Waals surface area (Å²) in [5, 5.41) is 36.6. The molecule has 0 saturated heterocycles. The van der Waals surface area contributed by atoms with Crippen LogP contribution < -0.4 is 21.3 Å². The molecule has 0 aromatic carbocycles. The van der Waals surface area contributed by atoms with Gasteiger partial charge in [0.15, 0.2) is 0 Å². The number of rotatable bonds is 25. The quantitative estimate of drug-likeness (QED) is 0.0738. The second-order valence-corrected chi connectivity index (χ2v) is 9.00. The highest BCUT2D eigenvalue weighted by atomic mass is 16.5. The van der Waals surface area contributed by atoms with Gasteiger partial charge in [-0.25, -0.2) is 14.4 Å². The molecule has 0 aliphatic heterocycles. The predicted octanol–water partition coefficient (Wildman–Crippen LogP) is 0.463. The van der Waals surface area contributed by atoms with Crippen LogP contribution in [0.5, 0.6) is 0 Å². The standard InChI is InChI=1S/C25H44N4O11/c1-2-3-4-5-9-20(30)27-13-14-39-15-16-40-17-21(31)26-12-7-6-8-18(23(34)35)28-25(38)29-19(24(36)37)10-11-22(32)33/h18-19H,2-17H2,1H3,(H,26,31)(H,27,30)(H,32,33)(H,34,35)(H,36,37)(H2,28,29,38)/t18-,19-/m0/s1. The number of carbonyl (C=O) groups excluding carboxylic acids is 3. The van der Waals surface area contributed by atoms with E-state index in [0.29, 0.717) is 32.4 Å². The Morgan fingerprint density at radius 1 is 0.650 bits per heavy atom. The van der Waals surface area contributed by atoms with Gasteiger partial charge in [0, 0.05) is 25.9 Å². The summed E-state index contributed by atoms with van der Waals surface area (Å²) >= 11 is 0. The largest absolute Gasteiger partial charge is 0.481 e. The minimum Gasteiger partial charge on any atom is -0.481 e. The number of aliphatic carboxylic acids is 3. The zero-order valence-electron chi connectivity index (χ0n) is 23.1. The second-order valence-electron chi connectivity index (χ2n) is 9.00. The molecule has 40 heavy (non-hydrogen) atoms. The molecule has 0 aromatic rings. The zero-order valence-corrected chi connectivity index (χ0v) is 23.1. The molecule has 7 N–H and O–H groups in total. The SMILES string of the molecule is CCCCCCC(=O)NCCOCCOCC(=O)NCCCC[C@H](NC(=O)N[C@@H](CCC(=O)O)C(=O)O)C(=O)O. The smallest absolute Gasteiger partial charge is 0.326 e. The van der Waals surface area contributed by atoms with Crippen LogP contribution in [0.2, 0.25) is 0 Å². The lowest BCUT2D eigenvalue weighted by Crippen LogP contribution is -2.51. The fourth-order valence-electron chi connectivity index (χ4n) is 3.34. The van der Waals surface area contributed by atoms with Crippen LogP contribution in [-0.4, -0.2) is 103 Å².